The SMILES string of the molecule is COc1cnc(Cl)cc1-c1cc(C)ncc1C(=O)Nc1nnc(OC[C@@H]2COC(C)(C)CO2)s1. The summed E-state index contributed by atoms with van der Waals surface area (Å²) in [5.41, 5.74) is 1.97. The summed E-state index contributed by atoms with van der Waals surface area (Å²) in [5.74, 6) is 0.0689. The molecule has 1 atom stereocenters. The number of carbonyl (C=O) groups excluding carboxylic acids is 1. The number of ether oxygens (including phenoxy) is 4. The molecule has 10 nitrogen and oxygen atoms in total. The molecule has 1 aliphatic rings. The zero-order valence-electron chi connectivity index (χ0n) is 19.1. The van der Waals surface area contributed by atoms with Crippen LogP contribution in [0.25, 0.3) is 11.1 Å². The van der Waals surface area contributed by atoms with E-state index in [0.29, 0.717) is 40.8 Å². The molecule has 1 fully saturated rings. The predicted octanol–water partition coefficient (Wildman–Crippen LogP) is 3.79. The molecule has 1 N–H and O–H groups in total. The molecule has 1 saturated heterocycles. The molecule has 0 aromatic carbocycles. The number of rotatable bonds is 7. The van der Waals surface area contributed by atoms with E-state index in [0.717, 1.165) is 17.0 Å². The van der Waals surface area contributed by atoms with Crippen LogP contribution in [-0.2, 0) is 9.47 Å². The first-order chi connectivity index (χ1) is 16.2. The van der Waals surface area contributed by atoms with Crippen molar-refractivity contribution in [2.24, 2.45) is 0 Å². The number of halogens is 1. The smallest absolute Gasteiger partial charge is 0.295 e. The Morgan fingerprint density at radius 1 is 1.26 bits per heavy atom. The molecule has 12 heteroatoms. The fourth-order valence-electron chi connectivity index (χ4n) is 3.22. The Hall–Kier alpha value is -2.86. The zero-order chi connectivity index (χ0) is 24.3. The summed E-state index contributed by atoms with van der Waals surface area (Å²) in [6.07, 6.45) is 2.80. The Balaban J connectivity index is 1.46. The van der Waals surface area contributed by atoms with Crippen LogP contribution in [0.15, 0.2) is 24.5 Å². The van der Waals surface area contributed by atoms with Gasteiger partial charge in [0.05, 0.1) is 37.7 Å². The summed E-state index contributed by atoms with van der Waals surface area (Å²) in [6.45, 7) is 6.96. The van der Waals surface area contributed by atoms with Crippen molar-refractivity contribution in [3.05, 3.63) is 40.9 Å². The van der Waals surface area contributed by atoms with Crippen LogP contribution < -0.4 is 14.8 Å². The highest BCUT2D eigenvalue weighted by atomic mass is 35.5. The minimum absolute atomic E-state index is 0.196. The van der Waals surface area contributed by atoms with Crippen LogP contribution in [-0.4, -0.2) is 64.7 Å². The van der Waals surface area contributed by atoms with Gasteiger partial charge in [0, 0.05) is 23.0 Å². The molecule has 0 spiro atoms. The molecule has 3 aromatic rings. The van der Waals surface area contributed by atoms with Gasteiger partial charge < -0.3 is 18.9 Å². The van der Waals surface area contributed by atoms with Crippen molar-refractivity contribution in [2.45, 2.75) is 32.5 Å². The fraction of sp³-hybridized carbons (Fsp3) is 0.409. The second-order valence-electron chi connectivity index (χ2n) is 8.22. The lowest BCUT2D eigenvalue weighted by molar-refractivity contribution is -0.181. The molecule has 180 valence electrons. The van der Waals surface area contributed by atoms with E-state index in [9.17, 15) is 4.79 Å². The van der Waals surface area contributed by atoms with Gasteiger partial charge >= 0.3 is 0 Å². The summed E-state index contributed by atoms with van der Waals surface area (Å²) in [6, 6.07) is 3.42. The number of carbonyl (C=O) groups is 1. The number of hydrogen-bond donors (Lipinski definition) is 1. The van der Waals surface area contributed by atoms with Crippen molar-refractivity contribution in [3.8, 4) is 22.1 Å². The van der Waals surface area contributed by atoms with Gasteiger partial charge in [0.25, 0.3) is 11.1 Å². The van der Waals surface area contributed by atoms with Gasteiger partial charge in [-0.3, -0.25) is 15.1 Å². The maximum Gasteiger partial charge on any atom is 0.295 e. The minimum Gasteiger partial charge on any atom is -0.494 e. The molecule has 0 aliphatic carbocycles. The van der Waals surface area contributed by atoms with Crippen molar-refractivity contribution >= 4 is 34.0 Å². The number of amides is 1. The van der Waals surface area contributed by atoms with Gasteiger partial charge in [-0.05, 0) is 44.2 Å². The summed E-state index contributed by atoms with van der Waals surface area (Å²) in [7, 11) is 1.52. The normalized spacial score (nSPS) is 17.3. The molecule has 1 amide bonds. The van der Waals surface area contributed by atoms with Crippen LogP contribution in [0.1, 0.15) is 29.9 Å². The topological polar surface area (TPSA) is 118 Å². The Bertz CT molecular complexity index is 1180. The lowest BCUT2D eigenvalue weighted by Crippen LogP contribution is -2.44. The van der Waals surface area contributed by atoms with E-state index in [4.69, 9.17) is 30.5 Å². The van der Waals surface area contributed by atoms with Gasteiger partial charge in [-0.15, -0.1) is 5.10 Å². The van der Waals surface area contributed by atoms with E-state index < -0.39 is 5.91 Å². The van der Waals surface area contributed by atoms with Crippen LogP contribution in [0.5, 0.6) is 10.9 Å². The molecule has 4 rings (SSSR count). The van der Waals surface area contributed by atoms with Crippen molar-refractivity contribution in [2.75, 3.05) is 32.2 Å². The Kier molecular flexibility index (Phi) is 7.27. The number of pyridine rings is 2. The number of aromatic nitrogens is 4. The average molecular weight is 506 g/mol. The highest BCUT2D eigenvalue weighted by Gasteiger charge is 2.29. The maximum atomic E-state index is 13.1. The van der Waals surface area contributed by atoms with Crippen molar-refractivity contribution in [3.63, 3.8) is 0 Å². The molecule has 1 aliphatic heterocycles. The van der Waals surface area contributed by atoms with Gasteiger partial charge in [-0.25, -0.2) is 4.98 Å². The first kappa shape index (κ1) is 24.3. The first-order valence-corrected chi connectivity index (χ1v) is 11.6. The van der Waals surface area contributed by atoms with Gasteiger partial charge in [0.15, 0.2) is 0 Å². The number of methoxy groups -OCH3 is 1. The van der Waals surface area contributed by atoms with E-state index >= 15 is 0 Å². The Labute approximate surface area is 205 Å². The lowest BCUT2D eigenvalue weighted by Gasteiger charge is -2.34. The van der Waals surface area contributed by atoms with E-state index in [1.165, 1.54) is 19.5 Å². The van der Waals surface area contributed by atoms with Crippen LogP contribution in [0.3, 0.4) is 0 Å². The van der Waals surface area contributed by atoms with Gasteiger partial charge in [0.2, 0.25) is 5.13 Å². The lowest BCUT2D eigenvalue weighted by atomic mass is 10.0. The van der Waals surface area contributed by atoms with Gasteiger partial charge in [0.1, 0.15) is 23.6 Å². The van der Waals surface area contributed by atoms with Crippen molar-refractivity contribution < 1.29 is 23.7 Å². The van der Waals surface area contributed by atoms with E-state index in [2.05, 4.69) is 25.5 Å². The third-order valence-corrected chi connectivity index (χ3v) is 5.93. The number of aryl methyl sites for hydroxylation is 1. The standard InChI is InChI=1S/C22H24ClN5O5S/c1-12-5-14(15-6-18(23)25-8-17(15)30-4)16(7-24-12)19(29)26-20-27-28-21(34-20)31-9-13-10-33-22(2,3)11-32-13/h5-8,13H,9-11H2,1-4H3,(H,26,27,29)/t13-/m1/s1. The summed E-state index contributed by atoms with van der Waals surface area (Å²) >= 11 is 7.21. The van der Waals surface area contributed by atoms with Gasteiger partial charge in [-0.1, -0.05) is 16.7 Å². The highest BCUT2D eigenvalue weighted by molar-refractivity contribution is 7.17. The van der Waals surface area contributed by atoms with E-state index in [-0.39, 0.29) is 28.6 Å². The monoisotopic (exact) mass is 505 g/mol. The van der Waals surface area contributed by atoms with E-state index in [1.807, 2.05) is 20.8 Å². The second kappa shape index (κ2) is 10.2. The van der Waals surface area contributed by atoms with Crippen molar-refractivity contribution in [1.29, 1.82) is 0 Å². The quantitative estimate of drug-likeness (QED) is 0.478. The molecule has 0 unspecified atom stereocenters. The summed E-state index contributed by atoms with van der Waals surface area (Å²) in [5, 5.41) is 11.6. The fourth-order valence-corrected chi connectivity index (χ4v) is 3.98. The zero-order valence-corrected chi connectivity index (χ0v) is 20.7. The summed E-state index contributed by atoms with van der Waals surface area (Å²) in [4.78, 5) is 21.4. The number of hydrogen-bond acceptors (Lipinski definition) is 10. The van der Waals surface area contributed by atoms with E-state index in [1.54, 1.807) is 12.1 Å². The molecule has 0 saturated carbocycles. The molecule has 3 aromatic heterocycles. The van der Waals surface area contributed by atoms with Crippen LogP contribution in [0.4, 0.5) is 5.13 Å². The second-order valence-corrected chi connectivity index (χ2v) is 9.55. The highest BCUT2D eigenvalue weighted by Crippen LogP contribution is 2.34. The number of nitrogens with one attached hydrogen (secondary N) is 1. The number of nitrogens with zero attached hydrogens (tertiary/aromatic N) is 4. The number of anilines is 1. The molecule has 34 heavy (non-hydrogen) atoms. The van der Waals surface area contributed by atoms with Crippen LogP contribution in [0.2, 0.25) is 5.15 Å². The first-order valence-electron chi connectivity index (χ1n) is 10.4. The molecule has 4 heterocycles. The molecule has 0 bridgehead atoms. The van der Waals surface area contributed by atoms with Crippen molar-refractivity contribution in [1.82, 2.24) is 20.2 Å². The van der Waals surface area contributed by atoms with Crippen LogP contribution >= 0.6 is 22.9 Å². The van der Waals surface area contributed by atoms with Crippen LogP contribution in [0, 0.1) is 6.92 Å². The molecule has 0 radical (unpaired) electrons. The third-order valence-electron chi connectivity index (χ3n) is 4.98. The Morgan fingerprint density at radius 3 is 2.82 bits per heavy atom. The Morgan fingerprint density at radius 2 is 2.09 bits per heavy atom. The predicted molar refractivity (Wildman–Crippen MR) is 127 cm³/mol. The molecular weight excluding hydrogens is 482 g/mol. The van der Waals surface area contributed by atoms with Gasteiger partial charge in [-0.2, -0.15) is 0 Å². The third kappa shape index (κ3) is 5.79. The average Bonchev–Trinajstić information content (AvgIpc) is 3.25. The minimum atomic E-state index is -0.411. The summed E-state index contributed by atoms with van der Waals surface area (Å²) < 4.78 is 22.6. The maximum absolute atomic E-state index is 13.1. The molecular formula is C22H24ClN5O5S. The largest absolute Gasteiger partial charge is 0.494 e.